The summed E-state index contributed by atoms with van der Waals surface area (Å²) in [6, 6.07) is 18.2. The number of primary amides is 1. The molecule has 0 saturated heterocycles. The van der Waals surface area contributed by atoms with E-state index in [2.05, 4.69) is 0 Å². The SMILES string of the molecule is NC(=O)Cc1ccc(-c2ccc(F)cc2)cc1Cc1cccc(F)c1. The number of hydrogen-bond donors (Lipinski definition) is 1. The van der Waals surface area contributed by atoms with Crippen LogP contribution < -0.4 is 5.73 Å². The molecule has 2 nitrogen and oxygen atoms in total. The van der Waals surface area contributed by atoms with E-state index in [1.807, 2.05) is 24.3 Å². The third-order valence-electron chi connectivity index (χ3n) is 4.03. The predicted molar refractivity (Wildman–Crippen MR) is 93.9 cm³/mol. The monoisotopic (exact) mass is 337 g/mol. The van der Waals surface area contributed by atoms with E-state index in [1.165, 1.54) is 24.3 Å². The van der Waals surface area contributed by atoms with Crippen molar-refractivity contribution >= 4 is 5.91 Å². The quantitative estimate of drug-likeness (QED) is 0.743. The lowest BCUT2D eigenvalue weighted by Crippen LogP contribution is -2.15. The van der Waals surface area contributed by atoms with Crippen molar-refractivity contribution in [3.63, 3.8) is 0 Å². The summed E-state index contributed by atoms with van der Waals surface area (Å²) in [7, 11) is 0. The highest BCUT2D eigenvalue weighted by atomic mass is 19.1. The molecule has 0 fully saturated rings. The van der Waals surface area contributed by atoms with Crippen LogP contribution in [0, 0.1) is 11.6 Å². The predicted octanol–water partition coefficient (Wildman–Crippen LogP) is 4.25. The van der Waals surface area contributed by atoms with Crippen molar-refractivity contribution in [1.29, 1.82) is 0 Å². The second kappa shape index (κ2) is 7.26. The summed E-state index contributed by atoms with van der Waals surface area (Å²) in [4.78, 5) is 11.3. The Hall–Kier alpha value is -3.01. The average Bonchev–Trinajstić information content (AvgIpc) is 2.57. The van der Waals surface area contributed by atoms with Crippen LogP contribution in [0.15, 0.2) is 66.7 Å². The number of rotatable bonds is 5. The Kier molecular flexibility index (Phi) is 4.89. The number of amides is 1. The lowest BCUT2D eigenvalue weighted by atomic mass is 9.93. The van der Waals surface area contributed by atoms with E-state index >= 15 is 0 Å². The molecule has 3 aromatic carbocycles. The van der Waals surface area contributed by atoms with Crippen LogP contribution in [0.2, 0.25) is 0 Å². The van der Waals surface area contributed by atoms with Crippen molar-refractivity contribution in [2.24, 2.45) is 5.73 Å². The molecule has 3 rings (SSSR count). The first-order chi connectivity index (χ1) is 12.0. The molecule has 0 heterocycles. The van der Waals surface area contributed by atoms with Crippen molar-refractivity contribution < 1.29 is 13.6 Å². The molecular formula is C21H17F2NO. The first-order valence-corrected chi connectivity index (χ1v) is 7.92. The zero-order valence-electron chi connectivity index (χ0n) is 13.5. The van der Waals surface area contributed by atoms with E-state index in [4.69, 9.17) is 5.73 Å². The lowest BCUT2D eigenvalue weighted by molar-refractivity contribution is -0.117. The Labute approximate surface area is 144 Å². The second-order valence-electron chi connectivity index (χ2n) is 5.94. The molecule has 0 radical (unpaired) electrons. The Balaban J connectivity index is 2.00. The van der Waals surface area contributed by atoms with Crippen LogP contribution in [0.1, 0.15) is 16.7 Å². The van der Waals surface area contributed by atoms with Crippen LogP contribution in [0.25, 0.3) is 11.1 Å². The zero-order chi connectivity index (χ0) is 17.8. The molecule has 0 spiro atoms. The van der Waals surface area contributed by atoms with E-state index in [1.54, 1.807) is 18.2 Å². The highest BCUT2D eigenvalue weighted by Gasteiger charge is 2.10. The van der Waals surface area contributed by atoms with Crippen molar-refractivity contribution in [2.45, 2.75) is 12.8 Å². The molecule has 126 valence electrons. The van der Waals surface area contributed by atoms with Gasteiger partial charge in [-0.05, 0) is 58.5 Å². The van der Waals surface area contributed by atoms with Crippen LogP contribution in [-0.4, -0.2) is 5.91 Å². The molecule has 0 aliphatic rings. The molecular weight excluding hydrogens is 320 g/mol. The van der Waals surface area contributed by atoms with Crippen molar-refractivity contribution in [1.82, 2.24) is 0 Å². The van der Waals surface area contributed by atoms with Crippen LogP contribution in [-0.2, 0) is 17.6 Å². The van der Waals surface area contributed by atoms with Crippen LogP contribution >= 0.6 is 0 Å². The fourth-order valence-electron chi connectivity index (χ4n) is 2.84. The summed E-state index contributed by atoms with van der Waals surface area (Å²) in [5, 5.41) is 0. The van der Waals surface area contributed by atoms with Gasteiger partial charge >= 0.3 is 0 Å². The molecule has 0 unspecified atom stereocenters. The van der Waals surface area contributed by atoms with Gasteiger partial charge in [-0.3, -0.25) is 4.79 Å². The third kappa shape index (κ3) is 4.29. The average molecular weight is 337 g/mol. The van der Waals surface area contributed by atoms with Crippen molar-refractivity contribution in [2.75, 3.05) is 0 Å². The van der Waals surface area contributed by atoms with E-state index < -0.39 is 5.91 Å². The topological polar surface area (TPSA) is 43.1 Å². The summed E-state index contributed by atoms with van der Waals surface area (Å²) in [6.07, 6.45) is 0.601. The summed E-state index contributed by atoms with van der Waals surface area (Å²) in [5.74, 6) is -1.02. The van der Waals surface area contributed by atoms with E-state index in [0.29, 0.717) is 6.42 Å². The van der Waals surface area contributed by atoms with Gasteiger partial charge in [0, 0.05) is 0 Å². The standard InChI is InChI=1S/C21H17F2NO/c22-19-8-6-15(7-9-19)16-4-5-17(13-21(24)25)18(12-16)10-14-2-1-3-20(23)11-14/h1-9,11-12H,10,13H2,(H2,24,25). The first kappa shape index (κ1) is 16.8. The molecule has 0 aromatic heterocycles. The molecule has 0 atom stereocenters. The lowest BCUT2D eigenvalue weighted by Gasteiger charge is -2.12. The number of benzene rings is 3. The van der Waals surface area contributed by atoms with E-state index in [0.717, 1.165) is 27.8 Å². The van der Waals surface area contributed by atoms with Gasteiger partial charge in [0.2, 0.25) is 5.91 Å². The van der Waals surface area contributed by atoms with Gasteiger partial charge < -0.3 is 5.73 Å². The zero-order valence-corrected chi connectivity index (χ0v) is 13.5. The second-order valence-corrected chi connectivity index (χ2v) is 5.94. The van der Waals surface area contributed by atoms with E-state index in [-0.39, 0.29) is 18.1 Å². The number of halogens is 2. The molecule has 3 aromatic rings. The summed E-state index contributed by atoms with van der Waals surface area (Å²) < 4.78 is 26.6. The molecule has 1 amide bonds. The summed E-state index contributed by atoms with van der Waals surface area (Å²) in [5.41, 5.74) is 9.62. The fraction of sp³-hybridized carbons (Fsp3) is 0.0952. The molecule has 0 aliphatic carbocycles. The van der Waals surface area contributed by atoms with Gasteiger partial charge in [-0.1, -0.05) is 42.5 Å². The van der Waals surface area contributed by atoms with Gasteiger partial charge in [0.25, 0.3) is 0 Å². The van der Waals surface area contributed by atoms with Gasteiger partial charge in [0.15, 0.2) is 0 Å². The molecule has 4 heteroatoms. The Bertz CT molecular complexity index is 904. The van der Waals surface area contributed by atoms with Crippen molar-refractivity contribution in [3.05, 3.63) is 95.1 Å². The highest BCUT2D eigenvalue weighted by molar-refractivity contribution is 5.77. The highest BCUT2D eigenvalue weighted by Crippen LogP contribution is 2.25. The Morgan fingerprint density at radius 2 is 1.52 bits per heavy atom. The maximum atomic E-state index is 13.5. The van der Waals surface area contributed by atoms with Gasteiger partial charge in [0.1, 0.15) is 11.6 Å². The number of carbonyl (C=O) groups is 1. The molecule has 0 saturated carbocycles. The van der Waals surface area contributed by atoms with Crippen LogP contribution in [0.5, 0.6) is 0 Å². The van der Waals surface area contributed by atoms with Crippen molar-refractivity contribution in [3.8, 4) is 11.1 Å². The summed E-state index contributed by atoms with van der Waals surface area (Å²) in [6.45, 7) is 0. The maximum absolute atomic E-state index is 13.5. The minimum atomic E-state index is -0.421. The number of nitrogens with two attached hydrogens (primary N) is 1. The van der Waals surface area contributed by atoms with Crippen LogP contribution in [0.3, 0.4) is 0 Å². The van der Waals surface area contributed by atoms with Gasteiger partial charge in [-0.25, -0.2) is 8.78 Å². The minimum Gasteiger partial charge on any atom is -0.369 e. The molecule has 0 bridgehead atoms. The maximum Gasteiger partial charge on any atom is 0.221 e. The smallest absolute Gasteiger partial charge is 0.221 e. The fourth-order valence-corrected chi connectivity index (χ4v) is 2.84. The largest absolute Gasteiger partial charge is 0.369 e. The molecule has 0 aliphatic heterocycles. The van der Waals surface area contributed by atoms with E-state index in [9.17, 15) is 13.6 Å². The first-order valence-electron chi connectivity index (χ1n) is 7.92. The summed E-state index contributed by atoms with van der Waals surface area (Å²) >= 11 is 0. The van der Waals surface area contributed by atoms with Crippen LogP contribution in [0.4, 0.5) is 8.78 Å². The van der Waals surface area contributed by atoms with Gasteiger partial charge in [-0.15, -0.1) is 0 Å². The Morgan fingerprint density at radius 1 is 0.800 bits per heavy atom. The molecule has 25 heavy (non-hydrogen) atoms. The molecule has 2 N–H and O–H groups in total. The minimum absolute atomic E-state index is 0.119. The van der Waals surface area contributed by atoms with Gasteiger partial charge in [-0.2, -0.15) is 0 Å². The number of hydrogen-bond acceptors (Lipinski definition) is 1. The normalized spacial score (nSPS) is 10.6. The third-order valence-corrected chi connectivity index (χ3v) is 4.03. The number of carbonyl (C=O) groups excluding carboxylic acids is 1. The Morgan fingerprint density at radius 3 is 2.20 bits per heavy atom. The van der Waals surface area contributed by atoms with Gasteiger partial charge in [0.05, 0.1) is 6.42 Å².